The number of carbonyl (C=O) groups is 1. The quantitative estimate of drug-likeness (QED) is 0.130. The first kappa shape index (κ1) is 53.4. The molecule has 0 amide bonds. The zero-order valence-corrected chi connectivity index (χ0v) is 41.2. The van der Waals surface area contributed by atoms with E-state index in [0.29, 0.717) is 32.5 Å². The van der Waals surface area contributed by atoms with E-state index in [2.05, 4.69) is 15.2 Å². The first-order valence-electron chi connectivity index (χ1n) is 23.8. The van der Waals surface area contributed by atoms with Crippen molar-refractivity contribution in [3.05, 3.63) is 36.5 Å². The van der Waals surface area contributed by atoms with E-state index in [4.69, 9.17) is 28.4 Å². The monoisotopic (exact) mass is 919 g/mol. The van der Waals surface area contributed by atoms with Gasteiger partial charge in [-0.3, -0.25) is 14.7 Å². The molecular weight excluding hydrogens is 837 g/mol. The summed E-state index contributed by atoms with van der Waals surface area (Å²) in [6, 6.07) is 8.98. The Labute approximate surface area is 387 Å². The minimum absolute atomic E-state index is 0.117. The molecule has 3 aliphatic heterocycles. The largest absolute Gasteiger partial charge is 0.459 e. The summed E-state index contributed by atoms with van der Waals surface area (Å²) < 4.78 is 38.2. The fraction of sp³-hybridized carbons (Fsp3) is 0.796. The van der Waals surface area contributed by atoms with Gasteiger partial charge in [-0.15, -0.1) is 0 Å². The molecule has 5 rings (SSSR count). The number of cyclic esters (lactones) is 1. The van der Waals surface area contributed by atoms with Crippen molar-refractivity contribution in [3.8, 4) is 0 Å². The van der Waals surface area contributed by atoms with Gasteiger partial charge in [-0.25, -0.2) is 0 Å². The van der Waals surface area contributed by atoms with Crippen LogP contribution in [0, 0.1) is 17.8 Å². The molecule has 3 aliphatic rings. The topological polar surface area (TPSA) is 205 Å². The van der Waals surface area contributed by atoms with Crippen molar-refractivity contribution in [3.63, 3.8) is 0 Å². The average Bonchev–Trinajstić information content (AvgIpc) is 3.25. The fourth-order valence-corrected chi connectivity index (χ4v) is 10.7. The molecule has 6 N–H and O–H groups in total. The second-order valence-corrected chi connectivity index (χ2v) is 20.4. The normalized spacial score (nSPS) is 42.0. The Morgan fingerprint density at radius 3 is 2.31 bits per heavy atom. The van der Waals surface area contributed by atoms with E-state index in [0.717, 1.165) is 16.6 Å². The Morgan fingerprint density at radius 2 is 1.65 bits per heavy atom. The molecule has 18 atom stereocenters. The highest BCUT2D eigenvalue weighted by molar-refractivity contribution is 5.90. The van der Waals surface area contributed by atoms with Gasteiger partial charge >= 0.3 is 5.97 Å². The van der Waals surface area contributed by atoms with Crippen molar-refractivity contribution in [2.24, 2.45) is 17.8 Å². The van der Waals surface area contributed by atoms with Gasteiger partial charge in [0.05, 0.1) is 47.1 Å². The van der Waals surface area contributed by atoms with Crippen LogP contribution in [0.2, 0.25) is 0 Å². The van der Waals surface area contributed by atoms with Crippen LogP contribution in [0.15, 0.2) is 36.5 Å². The highest BCUT2D eigenvalue weighted by Gasteiger charge is 2.53. The van der Waals surface area contributed by atoms with E-state index < -0.39 is 96.0 Å². The zero-order chi connectivity index (χ0) is 48.2. The van der Waals surface area contributed by atoms with Gasteiger partial charge in [0, 0.05) is 68.4 Å². The maximum atomic E-state index is 14.6. The van der Waals surface area contributed by atoms with Gasteiger partial charge in [0.25, 0.3) is 0 Å². The number of para-hydroxylation sites is 1. The van der Waals surface area contributed by atoms with Crippen LogP contribution in [0.25, 0.3) is 10.9 Å². The number of rotatable bonds is 12. The van der Waals surface area contributed by atoms with Crippen LogP contribution < -0.4 is 5.32 Å². The molecule has 1 aromatic carbocycles. The lowest BCUT2D eigenvalue weighted by Crippen LogP contribution is -2.60. The lowest BCUT2D eigenvalue weighted by Gasteiger charge is -2.48. The van der Waals surface area contributed by atoms with Crippen molar-refractivity contribution >= 4 is 22.6 Å². The number of anilines is 1. The highest BCUT2D eigenvalue weighted by Crippen LogP contribution is 2.40. The number of aliphatic hydroxyl groups is 5. The smallest absolute Gasteiger partial charge is 0.311 e. The SMILES string of the molecule is CC[C@H]1OC(=O)[C@H](C)[C@@H](O[C@H]2C[C@@](C)(OC)[C@@H](O)[C@H](C)O2)[C@H](C)[C@@H](O[C@@H]2O[C@H](C)C[C@H](N(C)C)[C@H]2O)[C@](C)(O)C[C@@H](C)CN(CCCNc2ccnc3ccccc23)[C@H](C)[C@@H](O)[C@]1(C)O. The number of aromatic nitrogens is 1. The van der Waals surface area contributed by atoms with Gasteiger partial charge in [-0.2, -0.15) is 0 Å². The summed E-state index contributed by atoms with van der Waals surface area (Å²) in [5.41, 5.74) is -2.68. The molecular formula is C49H82N4O12. The van der Waals surface area contributed by atoms with Crippen molar-refractivity contribution in [2.75, 3.05) is 46.2 Å². The molecule has 0 unspecified atom stereocenters. The van der Waals surface area contributed by atoms with Gasteiger partial charge in [0.15, 0.2) is 12.6 Å². The summed E-state index contributed by atoms with van der Waals surface area (Å²) in [6.45, 7) is 19.4. The Bertz CT molecular complexity index is 1820. The van der Waals surface area contributed by atoms with E-state index in [-0.39, 0.29) is 37.3 Å². The third-order valence-electron chi connectivity index (χ3n) is 14.6. The maximum absolute atomic E-state index is 14.6. The lowest BCUT2D eigenvalue weighted by molar-refractivity contribution is -0.318. The predicted molar refractivity (Wildman–Crippen MR) is 248 cm³/mol. The minimum atomic E-state index is -1.87. The van der Waals surface area contributed by atoms with Crippen LogP contribution in [-0.4, -0.2) is 177 Å². The number of methoxy groups -OCH3 is 1. The van der Waals surface area contributed by atoms with Crippen molar-refractivity contribution in [2.45, 2.75) is 192 Å². The first-order valence-corrected chi connectivity index (χ1v) is 23.8. The van der Waals surface area contributed by atoms with Crippen molar-refractivity contribution in [1.82, 2.24) is 14.8 Å². The van der Waals surface area contributed by atoms with Crippen LogP contribution in [-0.2, 0) is 33.2 Å². The van der Waals surface area contributed by atoms with Gasteiger partial charge in [-0.05, 0) is 106 Å². The average molecular weight is 919 g/mol. The van der Waals surface area contributed by atoms with E-state index in [1.165, 1.54) is 14.0 Å². The Morgan fingerprint density at radius 1 is 0.954 bits per heavy atom. The summed E-state index contributed by atoms with van der Waals surface area (Å²) >= 11 is 0. The van der Waals surface area contributed by atoms with Gasteiger partial charge in [0.2, 0.25) is 0 Å². The molecule has 0 saturated carbocycles. The lowest BCUT2D eigenvalue weighted by atomic mass is 9.77. The van der Waals surface area contributed by atoms with E-state index in [1.54, 1.807) is 40.8 Å². The number of fused-ring (bicyclic) bond motifs is 1. The maximum Gasteiger partial charge on any atom is 0.311 e. The van der Waals surface area contributed by atoms with Crippen LogP contribution in [0.3, 0.4) is 0 Å². The molecule has 16 heteroatoms. The standard InChI is InChI=1S/C49H82N4O12/c1-14-38-49(10,59)42(55)32(6)53(23-17-21-50-36-20-22-51-35-19-16-15-18-34(35)36)27-28(2)25-47(8,58)44(65-46-40(54)37(52(11)12)24-29(3)61-46)30(4)41(31(5)45(57)63-38)64-39-26-48(9,60-13)43(56)33(7)62-39/h15-16,18-20,22,28-33,37-44,46,54-56,58-59H,14,17,21,23-27H2,1-13H3,(H,50,51)/t28-,29-,30+,31-,32-,33+,37+,38-,39+,40-,41+,42-,43+,44-,46+,47-,48-,49-/m1/s1. The van der Waals surface area contributed by atoms with E-state index >= 15 is 0 Å². The van der Waals surface area contributed by atoms with Gasteiger partial charge < -0.3 is 64.2 Å². The molecule has 0 radical (unpaired) electrons. The Hall–Kier alpha value is -2.58. The Kier molecular flexibility index (Phi) is 18.3. The molecule has 16 nitrogen and oxygen atoms in total. The van der Waals surface area contributed by atoms with Gasteiger partial charge in [-0.1, -0.05) is 39.0 Å². The molecule has 0 bridgehead atoms. The summed E-state index contributed by atoms with van der Waals surface area (Å²) in [7, 11) is 5.30. The number of hydrogen-bond acceptors (Lipinski definition) is 16. The number of carbonyl (C=O) groups excluding carboxylic acids is 1. The zero-order valence-electron chi connectivity index (χ0n) is 41.2. The number of ether oxygens (including phenoxy) is 6. The molecule has 4 heterocycles. The van der Waals surface area contributed by atoms with Crippen LogP contribution in [0.1, 0.15) is 101 Å². The molecule has 3 saturated heterocycles. The molecule has 2 aromatic rings. The van der Waals surface area contributed by atoms with E-state index in [1.807, 2.05) is 77.0 Å². The number of benzene rings is 1. The third kappa shape index (κ3) is 12.4. The molecule has 370 valence electrons. The van der Waals surface area contributed by atoms with E-state index in [9.17, 15) is 30.3 Å². The predicted octanol–water partition coefficient (Wildman–Crippen LogP) is 4.32. The third-order valence-corrected chi connectivity index (χ3v) is 14.6. The van der Waals surface area contributed by atoms with Crippen LogP contribution >= 0.6 is 0 Å². The number of likely N-dealkylation sites (N-methyl/N-ethyl adjacent to an activating group) is 1. The van der Waals surface area contributed by atoms with Crippen LogP contribution in [0.5, 0.6) is 0 Å². The summed E-state index contributed by atoms with van der Waals surface area (Å²) in [4.78, 5) is 23.1. The molecule has 65 heavy (non-hydrogen) atoms. The number of pyridine rings is 1. The number of nitrogens with zero attached hydrogens (tertiary/aromatic N) is 3. The minimum Gasteiger partial charge on any atom is -0.459 e. The molecule has 0 aliphatic carbocycles. The number of aliphatic hydroxyl groups excluding tert-OH is 3. The molecule has 3 fully saturated rings. The Balaban J connectivity index is 1.53. The fourth-order valence-electron chi connectivity index (χ4n) is 10.7. The van der Waals surface area contributed by atoms with Crippen molar-refractivity contribution < 1.29 is 58.7 Å². The van der Waals surface area contributed by atoms with Gasteiger partial charge in [0.1, 0.15) is 30.0 Å². The number of nitrogens with one attached hydrogen (secondary N) is 1. The summed E-state index contributed by atoms with van der Waals surface area (Å²) in [6.07, 6.45) is -6.18. The summed E-state index contributed by atoms with van der Waals surface area (Å²) in [5, 5.41) is 64.6. The second-order valence-electron chi connectivity index (χ2n) is 20.4. The number of hydrogen-bond donors (Lipinski definition) is 6. The van der Waals surface area contributed by atoms with Crippen molar-refractivity contribution in [1.29, 1.82) is 0 Å². The second kappa shape index (κ2) is 22.2. The molecule has 0 spiro atoms. The van der Waals surface area contributed by atoms with Crippen LogP contribution in [0.4, 0.5) is 5.69 Å². The number of esters is 1. The highest BCUT2D eigenvalue weighted by atomic mass is 16.7. The first-order chi connectivity index (χ1) is 30.4. The molecule has 1 aromatic heterocycles. The summed E-state index contributed by atoms with van der Waals surface area (Å²) in [5.74, 6) is -2.73.